The summed E-state index contributed by atoms with van der Waals surface area (Å²) in [6, 6.07) is 1.50. The van der Waals surface area contributed by atoms with Crippen LogP contribution >= 0.6 is 0 Å². The number of unbranched alkanes of at least 4 members (excludes halogenated alkanes) is 1. The molecule has 2 heterocycles. The molecule has 1 unspecified atom stereocenters. The summed E-state index contributed by atoms with van der Waals surface area (Å²) in [5.41, 5.74) is 0.113. The van der Waals surface area contributed by atoms with Crippen molar-refractivity contribution in [3.63, 3.8) is 0 Å². The van der Waals surface area contributed by atoms with Gasteiger partial charge in [-0.25, -0.2) is 9.18 Å². The number of hydrogen-bond acceptors (Lipinski definition) is 7. The Balaban J connectivity index is 1.84. The average Bonchev–Trinajstić information content (AvgIpc) is 3.61. The van der Waals surface area contributed by atoms with Crippen molar-refractivity contribution in [2.24, 2.45) is 0 Å². The molecule has 1 aromatic heterocycles. The third-order valence-electron chi connectivity index (χ3n) is 5.95. The van der Waals surface area contributed by atoms with Crippen molar-refractivity contribution >= 4 is 28.8 Å². The predicted molar refractivity (Wildman–Crippen MR) is 118 cm³/mol. The highest BCUT2D eigenvalue weighted by Crippen LogP contribution is 2.43. The fraction of sp³-hybridized carbons (Fsp3) is 0.522. The van der Waals surface area contributed by atoms with Gasteiger partial charge in [0.1, 0.15) is 17.5 Å². The van der Waals surface area contributed by atoms with Crippen LogP contribution in [0.3, 0.4) is 0 Å². The second-order valence-electron chi connectivity index (χ2n) is 8.39. The number of pyridine rings is 1. The number of halogens is 1. The topological polar surface area (TPSA) is 89.9 Å². The first-order valence-corrected chi connectivity index (χ1v) is 11.0. The molecule has 8 nitrogen and oxygen atoms in total. The number of hydrogen-bond donors (Lipinski definition) is 1. The van der Waals surface area contributed by atoms with E-state index < -0.39 is 17.2 Å². The molecule has 172 valence electrons. The normalized spacial score (nSPS) is 18.6. The highest BCUT2D eigenvalue weighted by atomic mass is 19.1. The van der Waals surface area contributed by atoms with Gasteiger partial charge in [-0.05, 0) is 32.3 Å². The van der Waals surface area contributed by atoms with E-state index in [1.165, 1.54) is 19.4 Å². The van der Waals surface area contributed by atoms with E-state index in [0.717, 1.165) is 19.1 Å². The molecule has 0 radical (unpaired) electrons. The van der Waals surface area contributed by atoms with Gasteiger partial charge in [-0.15, -0.1) is 0 Å². The molecule has 0 spiro atoms. The number of aldehydes is 1. The van der Waals surface area contributed by atoms with Crippen molar-refractivity contribution in [3.8, 4) is 5.75 Å². The molecule has 1 aliphatic carbocycles. The van der Waals surface area contributed by atoms with Crippen molar-refractivity contribution in [3.05, 3.63) is 33.9 Å². The molecule has 4 rings (SSSR count). The van der Waals surface area contributed by atoms with E-state index >= 15 is 4.39 Å². The second kappa shape index (κ2) is 9.28. The van der Waals surface area contributed by atoms with Crippen LogP contribution in [0, 0.1) is 5.82 Å². The molecule has 0 amide bonds. The van der Waals surface area contributed by atoms with Gasteiger partial charge in [0.05, 0.1) is 24.6 Å². The quantitative estimate of drug-likeness (QED) is 0.379. The molecule has 9 heteroatoms. The minimum Gasteiger partial charge on any atom is -0.492 e. The van der Waals surface area contributed by atoms with Crippen LogP contribution in [-0.2, 0) is 9.53 Å². The SMILES string of the molecule is COc1c(N2CCNC(C)C2)c(F)cc2c(=O)c(C(=O)OCCCC=O)cn(C3CC3)c12. The van der Waals surface area contributed by atoms with Gasteiger partial charge in [0.25, 0.3) is 0 Å². The Hall–Kier alpha value is -2.94. The van der Waals surface area contributed by atoms with E-state index in [9.17, 15) is 14.4 Å². The number of esters is 1. The Bertz CT molecular complexity index is 1100. The summed E-state index contributed by atoms with van der Waals surface area (Å²) in [6.07, 6.45) is 4.70. The van der Waals surface area contributed by atoms with Crippen LogP contribution in [0.25, 0.3) is 10.9 Å². The molecule has 1 saturated heterocycles. The third-order valence-corrected chi connectivity index (χ3v) is 5.95. The minimum atomic E-state index is -0.767. The molecule has 1 atom stereocenters. The van der Waals surface area contributed by atoms with Gasteiger partial charge in [0, 0.05) is 44.3 Å². The monoisotopic (exact) mass is 445 g/mol. The lowest BCUT2D eigenvalue weighted by Gasteiger charge is -2.35. The van der Waals surface area contributed by atoms with Crippen molar-refractivity contribution < 1.29 is 23.5 Å². The highest BCUT2D eigenvalue weighted by Gasteiger charge is 2.32. The van der Waals surface area contributed by atoms with Gasteiger partial charge in [-0.2, -0.15) is 0 Å². The van der Waals surface area contributed by atoms with E-state index in [1.807, 2.05) is 16.4 Å². The Morgan fingerprint density at radius 1 is 1.38 bits per heavy atom. The van der Waals surface area contributed by atoms with Crippen LogP contribution in [0.4, 0.5) is 10.1 Å². The first kappa shape index (κ1) is 22.3. The summed E-state index contributed by atoms with van der Waals surface area (Å²) in [5.74, 6) is -1.01. The van der Waals surface area contributed by atoms with Gasteiger partial charge in [-0.1, -0.05) is 0 Å². The number of carbonyl (C=O) groups is 2. The van der Waals surface area contributed by atoms with E-state index in [-0.39, 0.29) is 36.1 Å². The zero-order valence-electron chi connectivity index (χ0n) is 18.4. The zero-order valence-corrected chi connectivity index (χ0v) is 18.4. The minimum absolute atomic E-state index is 0.0380. The largest absolute Gasteiger partial charge is 0.492 e. The van der Waals surface area contributed by atoms with Gasteiger partial charge in [0.15, 0.2) is 11.6 Å². The van der Waals surface area contributed by atoms with E-state index in [1.54, 1.807) is 0 Å². The Labute approximate surface area is 185 Å². The number of benzene rings is 1. The Morgan fingerprint density at radius 2 is 2.16 bits per heavy atom. The van der Waals surface area contributed by atoms with E-state index in [0.29, 0.717) is 43.0 Å². The molecule has 1 aromatic carbocycles. The summed E-state index contributed by atoms with van der Waals surface area (Å²) >= 11 is 0. The van der Waals surface area contributed by atoms with Crippen LogP contribution in [0.1, 0.15) is 49.0 Å². The van der Waals surface area contributed by atoms with Crippen molar-refractivity contribution in [1.29, 1.82) is 0 Å². The highest BCUT2D eigenvalue weighted by molar-refractivity contribution is 5.97. The van der Waals surface area contributed by atoms with Gasteiger partial charge in [0.2, 0.25) is 5.43 Å². The third kappa shape index (κ3) is 4.21. The first-order chi connectivity index (χ1) is 15.5. The molecule has 1 N–H and O–H groups in total. The van der Waals surface area contributed by atoms with Crippen molar-refractivity contribution in [2.45, 2.75) is 44.7 Å². The number of nitrogens with zero attached hydrogens (tertiary/aromatic N) is 2. The maximum atomic E-state index is 15.4. The van der Waals surface area contributed by atoms with Gasteiger partial charge < -0.3 is 29.1 Å². The van der Waals surface area contributed by atoms with Crippen LogP contribution in [0.15, 0.2) is 17.1 Å². The lowest BCUT2D eigenvalue weighted by Crippen LogP contribution is -2.49. The number of carbonyl (C=O) groups excluding carboxylic acids is 2. The number of methoxy groups -OCH3 is 1. The maximum Gasteiger partial charge on any atom is 0.343 e. The number of fused-ring (bicyclic) bond motifs is 1. The van der Waals surface area contributed by atoms with Crippen LogP contribution in [0.2, 0.25) is 0 Å². The summed E-state index contributed by atoms with van der Waals surface area (Å²) in [4.78, 5) is 38.2. The predicted octanol–water partition coefficient (Wildman–Crippen LogP) is 2.42. The molecule has 2 aromatic rings. The van der Waals surface area contributed by atoms with Gasteiger partial charge >= 0.3 is 5.97 Å². The van der Waals surface area contributed by atoms with Crippen LogP contribution in [-0.4, -0.2) is 56.2 Å². The molecule has 0 bridgehead atoms. The summed E-state index contributed by atoms with van der Waals surface area (Å²) in [5, 5.41) is 3.44. The second-order valence-corrected chi connectivity index (χ2v) is 8.39. The number of ether oxygens (including phenoxy) is 2. The maximum absolute atomic E-state index is 15.4. The van der Waals surface area contributed by atoms with Crippen LogP contribution in [0.5, 0.6) is 5.75 Å². The molecule has 1 saturated carbocycles. The lowest BCUT2D eigenvalue weighted by molar-refractivity contribution is -0.108. The van der Waals surface area contributed by atoms with Crippen molar-refractivity contribution in [2.75, 3.05) is 38.3 Å². The average molecular weight is 445 g/mol. The Kier molecular flexibility index (Phi) is 6.45. The van der Waals surface area contributed by atoms with Gasteiger partial charge in [-0.3, -0.25) is 4.79 Å². The summed E-state index contributed by atoms with van der Waals surface area (Å²) in [7, 11) is 1.47. The first-order valence-electron chi connectivity index (χ1n) is 11.0. The zero-order chi connectivity index (χ0) is 22.8. The van der Waals surface area contributed by atoms with E-state index in [2.05, 4.69) is 5.32 Å². The number of anilines is 1. The molecule has 2 fully saturated rings. The molecular weight excluding hydrogens is 417 g/mol. The molecular formula is C23H28FN3O5. The fourth-order valence-corrected chi connectivity index (χ4v) is 4.26. The summed E-state index contributed by atoms with van der Waals surface area (Å²) in [6.45, 7) is 4.01. The number of nitrogens with one attached hydrogen (secondary N) is 1. The fourth-order valence-electron chi connectivity index (χ4n) is 4.26. The smallest absolute Gasteiger partial charge is 0.343 e. The lowest BCUT2D eigenvalue weighted by atomic mass is 10.1. The Morgan fingerprint density at radius 3 is 2.81 bits per heavy atom. The summed E-state index contributed by atoms with van der Waals surface area (Å²) < 4.78 is 28.1. The van der Waals surface area contributed by atoms with Crippen molar-refractivity contribution in [1.82, 2.24) is 9.88 Å². The number of rotatable bonds is 8. The standard InChI is InChI=1S/C23H28FN3O5/c1-14-12-26(8-7-25-14)20-18(24)11-16-19(22(20)31-2)27(15-5-6-15)13-17(21(16)29)23(30)32-10-4-3-9-28/h9,11,13-15,25H,3-8,10,12H2,1-2H3. The molecule has 1 aliphatic heterocycles. The number of piperazine rings is 1. The molecule has 32 heavy (non-hydrogen) atoms. The van der Waals surface area contributed by atoms with Crippen LogP contribution < -0.4 is 20.4 Å². The number of aromatic nitrogens is 1. The molecule has 2 aliphatic rings. The van der Waals surface area contributed by atoms with E-state index in [4.69, 9.17) is 9.47 Å².